The van der Waals surface area contributed by atoms with Crippen LogP contribution in [-0.4, -0.2) is 37.2 Å². The van der Waals surface area contributed by atoms with Crippen LogP contribution in [0.15, 0.2) is 97.2 Å². The average molecular weight is 1000 g/mol. The van der Waals surface area contributed by atoms with Gasteiger partial charge in [0.05, 0.1) is 0 Å². The summed E-state index contributed by atoms with van der Waals surface area (Å²) >= 11 is 0. The van der Waals surface area contributed by atoms with E-state index < -0.39 is 6.10 Å². The summed E-state index contributed by atoms with van der Waals surface area (Å²) in [4.78, 5) is 38.3. The van der Waals surface area contributed by atoms with Gasteiger partial charge in [0.25, 0.3) is 0 Å². The first-order chi connectivity index (χ1) is 35.5. The molecular weight excluding hydrogens is 889 g/mol. The van der Waals surface area contributed by atoms with Crippen molar-refractivity contribution in [1.29, 1.82) is 0 Å². The zero-order chi connectivity index (χ0) is 52.2. The van der Waals surface area contributed by atoms with Crippen LogP contribution in [0.2, 0.25) is 0 Å². The maximum Gasteiger partial charge on any atom is 0.306 e. The standard InChI is InChI=1S/C66H112O6/c1-4-7-10-13-16-19-22-25-28-31-32-33-34-36-38-41-44-47-50-53-56-59-65(68)71-62-63(61-70-64(67)58-55-52-49-46-43-40-37-30-27-24-21-18-15-12-9-6-3)72-66(69)60-57-54-51-48-45-42-39-35-29-26-23-20-17-14-11-8-5-2/h7-8,10-11,16-17,19-20,25-26,28-29,32-33,36,38,63H,4-6,9,12-15,18,21-24,27,30-31,34-35,37,39-62H2,1-3H3/b10-7-,11-8-,19-16-,20-17-,28-25-,29-26-,33-32-,38-36-. The molecule has 0 spiro atoms. The van der Waals surface area contributed by atoms with Crippen molar-refractivity contribution in [3.05, 3.63) is 97.2 Å². The largest absolute Gasteiger partial charge is 0.462 e. The van der Waals surface area contributed by atoms with E-state index in [1.807, 2.05) is 0 Å². The Labute approximate surface area is 445 Å². The SMILES string of the molecule is CC/C=C\C/C=C\C/C=C\C/C=C\C/C=C\CCCCCCCC(=O)OCC(COC(=O)CCCCCCCCCCCCCCCCCC)OC(=O)CCCCCCCCC/C=C\C/C=C\C/C=C\CC. The number of carbonyl (C=O) groups is 3. The lowest BCUT2D eigenvalue weighted by Crippen LogP contribution is -2.30. The minimum atomic E-state index is -0.792. The van der Waals surface area contributed by atoms with Crippen molar-refractivity contribution < 1.29 is 28.6 Å². The molecule has 0 rings (SSSR count). The van der Waals surface area contributed by atoms with Gasteiger partial charge in [0, 0.05) is 19.3 Å². The summed E-state index contributed by atoms with van der Waals surface area (Å²) in [5.74, 6) is -0.907. The number of hydrogen-bond donors (Lipinski definition) is 0. The molecule has 0 N–H and O–H groups in total. The van der Waals surface area contributed by atoms with Crippen LogP contribution in [0.1, 0.15) is 284 Å². The Kier molecular flexibility index (Phi) is 56.8. The molecular formula is C66H112O6. The van der Waals surface area contributed by atoms with Gasteiger partial charge in [-0.15, -0.1) is 0 Å². The number of rotatable bonds is 54. The molecule has 6 nitrogen and oxygen atoms in total. The summed E-state index contributed by atoms with van der Waals surface area (Å²) < 4.78 is 16.9. The topological polar surface area (TPSA) is 78.9 Å². The Morgan fingerprint density at radius 1 is 0.292 bits per heavy atom. The van der Waals surface area contributed by atoms with Crippen LogP contribution in [-0.2, 0) is 28.6 Å². The molecule has 0 heterocycles. The minimum Gasteiger partial charge on any atom is -0.462 e. The van der Waals surface area contributed by atoms with Gasteiger partial charge < -0.3 is 14.2 Å². The molecule has 0 aromatic rings. The smallest absolute Gasteiger partial charge is 0.306 e. The predicted molar refractivity (Wildman–Crippen MR) is 311 cm³/mol. The number of carbonyl (C=O) groups excluding carboxylic acids is 3. The third-order valence-electron chi connectivity index (χ3n) is 12.8. The molecule has 1 unspecified atom stereocenters. The zero-order valence-corrected chi connectivity index (χ0v) is 47.2. The number of esters is 3. The van der Waals surface area contributed by atoms with Gasteiger partial charge in [-0.05, 0) is 96.3 Å². The Bertz CT molecular complexity index is 1430. The van der Waals surface area contributed by atoms with Crippen molar-refractivity contribution >= 4 is 17.9 Å². The van der Waals surface area contributed by atoms with E-state index in [1.165, 1.54) is 109 Å². The van der Waals surface area contributed by atoms with Crippen LogP contribution in [0.5, 0.6) is 0 Å². The molecule has 0 aliphatic heterocycles. The van der Waals surface area contributed by atoms with E-state index in [4.69, 9.17) is 14.2 Å². The minimum absolute atomic E-state index is 0.0862. The first-order valence-electron chi connectivity index (χ1n) is 30.2. The van der Waals surface area contributed by atoms with E-state index in [9.17, 15) is 14.4 Å². The molecule has 0 saturated carbocycles. The number of unbranched alkanes of at least 4 members (excludes halogenated alkanes) is 27. The van der Waals surface area contributed by atoms with Crippen molar-refractivity contribution in [2.75, 3.05) is 13.2 Å². The van der Waals surface area contributed by atoms with Crippen molar-refractivity contribution in [3.8, 4) is 0 Å². The van der Waals surface area contributed by atoms with E-state index in [2.05, 4.69) is 118 Å². The molecule has 72 heavy (non-hydrogen) atoms. The van der Waals surface area contributed by atoms with Crippen molar-refractivity contribution in [2.45, 2.75) is 290 Å². The highest BCUT2D eigenvalue weighted by Gasteiger charge is 2.19. The second-order valence-corrected chi connectivity index (χ2v) is 19.9. The third-order valence-corrected chi connectivity index (χ3v) is 12.8. The lowest BCUT2D eigenvalue weighted by molar-refractivity contribution is -0.167. The second kappa shape index (κ2) is 59.9. The fraction of sp³-hybridized carbons (Fsp3) is 0.712. The van der Waals surface area contributed by atoms with Crippen molar-refractivity contribution in [3.63, 3.8) is 0 Å². The summed E-state index contributed by atoms with van der Waals surface area (Å²) in [6.45, 7) is 6.42. The van der Waals surface area contributed by atoms with Crippen LogP contribution in [0.25, 0.3) is 0 Å². The monoisotopic (exact) mass is 1000 g/mol. The highest BCUT2D eigenvalue weighted by atomic mass is 16.6. The molecule has 0 bridgehead atoms. The summed E-state index contributed by atoms with van der Waals surface area (Å²) in [6.07, 6.45) is 79.7. The normalized spacial score (nSPS) is 12.8. The molecule has 0 saturated heterocycles. The maximum atomic E-state index is 12.9. The van der Waals surface area contributed by atoms with Gasteiger partial charge >= 0.3 is 17.9 Å². The summed E-state index contributed by atoms with van der Waals surface area (Å²) in [5, 5.41) is 0. The molecule has 0 aliphatic carbocycles. The van der Waals surface area contributed by atoms with Gasteiger partial charge in [0.2, 0.25) is 0 Å². The molecule has 0 aromatic heterocycles. The van der Waals surface area contributed by atoms with Crippen molar-refractivity contribution in [2.24, 2.45) is 0 Å². The first kappa shape index (κ1) is 68.3. The lowest BCUT2D eigenvalue weighted by atomic mass is 10.0. The molecule has 0 amide bonds. The number of hydrogen-bond acceptors (Lipinski definition) is 6. The fourth-order valence-electron chi connectivity index (χ4n) is 8.37. The summed E-state index contributed by atoms with van der Waals surface area (Å²) in [5.41, 5.74) is 0. The maximum absolute atomic E-state index is 12.9. The van der Waals surface area contributed by atoms with Gasteiger partial charge in [-0.2, -0.15) is 0 Å². The second-order valence-electron chi connectivity index (χ2n) is 19.9. The molecule has 0 fully saturated rings. The molecule has 0 radical (unpaired) electrons. The van der Waals surface area contributed by atoms with Gasteiger partial charge in [-0.3, -0.25) is 14.4 Å². The predicted octanol–water partition coefficient (Wildman–Crippen LogP) is 20.5. The Morgan fingerprint density at radius 2 is 0.542 bits per heavy atom. The van der Waals surface area contributed by atoms with E-state index in [1.54, 1.807) is 0 Å². The van der Waals surface area contributed by atoms with E-state index in [0.717, 1.165) is 135 Å². The van der Waals surface area contributed by atoms with Gasteiger partial charge in [-0.1, -0.05) is 266 Å². The molecule has 0 aliphatic rings. The van der Waals surface area contributed by atoms with E-state index >= 15 is 0 Å². The Hall–Kier alpha value is -3.67. The molecule has 6 heteroatoms. The quantitative estimate of drug-likeness (QED) is 0.0261. The fourth-order valence-corrected chi connectivity index (χ4v) is 8.37. The molecule has 412 valence electrons. The van der Waals surface area contributed by atoms with Crippen LogP contribution >= 0.6 is 0 Å². The molecule has 0 aromatic carbocycles. The van der Waals surface area contributed by atoms with E-state index in [-0.39, 0.29) is 31.1 Å². The van der Waals surface area contributed by atoms with Crippen LogP contribution in [0.4, 0.5) is 0 Å². The summed E-state index contributed by atoms with van der Waals surface area (Å²) in [7, 11) is 0. The zero-order valence-electron chi connectivity index (χ0n) is 47.2. The van der Waals surface area contributed by atoms with Crippen LogP contribution in [0.3, 0.4) is 0 Å². The van der Waals surface area contributed by atoms with E-state index in [0.29, 0.717) is 19.3 Å². The van der Waals surface area contributed by atoms with Gasteiger partial charge in [0.1, 0.15) is 13.2 Å². The van der Waals surface area contributed by atoms with Gasteiger partial charge in [0.15, 0.2) is 6.10 Å². The first-order valence-corrected chi connectivity index (χ1v) is 30.2. The highest BCUT2D eigenvalue weighted by molar-refractivity contribution is 5.71. The molecule has 1 atom stereocenters. The van der Waals surface area contributed by atoms with Gasteiger partial charge in [-0.25, -0.2) is 0 Å². The van der Waals surface area contributed by atoms with Crippen LogP contribution < -0.4 is 0 Å². The average Bonchev–Trinajstić information content (AvgIpc) is 3.38. The Balaban J connectivity index is 4.43. The van der Waals surface area contributed by atoms with Crippen LogP contribution in [0, 0.1) is 0 Å². The number of ether oxygens (including phenoxy) is 3. The highest BCUT2D eigenvalue weighted by Crippen LogP contribution is 2.16. The summed E-state index contributed by atoms with van der Waals surface area (Å²) in [6, 6.07) is 0. The lowest BCUT2D eigenvalue weighted by Gasteiger charge is -2.18. The Morgan fingerprint density at radius 3 is 0.847 bits per heavy atom. The number of allylic oxidation sites excluding steroid dienone is 16. The third kappa shape index (κ3) is 57.2. The van der Waals surface area contributed by atoms with Crippen molar-refractivity contribution in [1.82, 2.24) is 0 Å².